The molecular formula is C39H26N2OS. The van der Waals surface area contributed by atoms with Crippen LogP contribution in [0.4, 0.5) is 22.1 Å². The number of rotatable bonds is 4. The highest BCUT2D eigenvalue weighted by Gasteiger charge is 2.24. The van der Waals surface area contributed by atoms with E-state index in [9.17, 15) is 0 Å². The van der Waals surface area contributed by atoms with Crippen LogP contribution >= 0.6 is 11.3 Å². The van der Waals surface area contributed by atoms with Crippen molar-refractivity contribution in [3.05, 3.63) is 151 Å². The van der Waals surface area contributed by atoms with Gasteiger partial charge in [0.1, 0.15) is 11.2 Å². The van der Waals surface area contributed by atoms with Crippen molar-refractivity contribution in [2.45, 2.75) is 6.04 Å². The predicted molar refractivity (Wildman–Crippen MR) is 183 cm³/mol. The summed E-state index contributed by atoms with van der Waals surface area (Å²) in [5, 5.41) is 8.57. The average Bonchev–Trinajstić information content (AvgIpc) is 3.62. The van der Waals surface area contributed by atoms with Gasteiger partial charge in [0.05, 0.1) is 11.0 Å². The molecule has 1 atom stereocenters. The number of para-hydroxylation sites is 2. The van der Waals surface area contributed by atoms with Crippen LogP contribution in [0.1, 0.15) is 5.56 Å². The maximum Gasteiger partial charge on any atom is 0.137 e. The summed E-state index contributed by atoms with van der Waals surface area (Å²) in [6, 6.07) is 41.1. The summed E-state index contributed by atoms with van der Waals surface area (Å²) in [6.45, 7) is 0. The molecule has 5 aromatic carbocycles. The first-order valence-corrected chi connectivity index (χ1v) is 15.4. The maximum atomic E-state index is 6.26. The lowest BCUT2D eigenvalue weighted by Crippen LogP contribution is -2.22. The Morgan fingerprint density at radius 3 is 2.37 bits per heavy atom. The minimum atomic E-state index is 0.246. The smallest absolute Gasteiger partial charge is 0.137 e. The molecule has 0 saturated heterocycles. The zero-order chi connectivity index (χ0) is 28.3. The predicted octanol–water partition coefficient (Wildman–Crippen LogP) is 11.2. The molecule has 3 nitrogen and oxygen atoms in total. The number of nitrogens with one attached hydrogen (secondary N) is 1. The number of hydrogen-bond acceptors (Lipinski definition) is 4. The van der Waals surface area contributed by atoms with Crippen LogP contribution in [0.3, 0.4) is 0 Å². The van der Waals surface area contributed by atoms with E-state index in [-0.39, 0.29) is 6.04 Å². The van der Waals surface area contributed by atoms with E-state index in [1.54, 1.807) is 0 Å². The second-order valence-electron chi connectivity index (χ2n) is 11.0. The first-order valence-electron chi connectivity index (χ1n) is 14.6. The van der Waals surface area contributed by atoms with Crippen molar-refractivity contribution < 1.29 is 4.42 Å². The Bertz CT molecular complexity index is 2270. The van der Waals surface area contributed by atoms with Gasteiger partial charge in [0, 0.05) is 49.6 Å². The number of furan rings is 1. The van der Waals surface area contributed by atoms with Crippen molar-refractivity contribution >= 4 is 71.5 Å². The molecule has 2 aliphatic rings. The summed E-state index contributed by atoms with van der Waals surface area (Å²) >= 11 is 1.84. The van der Waals surface area contributed by atoms with Gasteiger partial charge < -0.3 is 14.6 Å². The summed E-state index contributed by atoms with van der Waals surface area (Å²) in [7, 11) is 0. The number of fused-ring (bicyclic) bond motifs is 7. The van der Waals surface area contributed by atoms with Crippen LogP contribution in [0.25, 0.3) is 49.2 Å². The largest absolute Gasteiger partial charge is 0.456 e. The van der Waals surface area contributed by atoms with Crippen molar-refractivity contribution in [2.24, 2.45) is 0 Å². The highest BCUT2D eigenvalue weighted by molar-refractivity contribution is 7.23. The normalized spacial score (nSPS) is 15.3. The second kappa shape index (κ2) is 9.62. The minimum absolute atomic E-state index is 0.246. The molecular weight excluding hydrogens is 545 g/mol. The monoisotopic (exact) mass is 570 g/mol. The van der Waals surface area contributed by atoms with Crippen molar-refractivity contribution in [3.63, 3.8) is 0 Å². The molecule has 204 valence electrons. The van der Waals surface area contributed by atoms with E-state index in [1.165, 1.54) is 37.4 Å². The number of hydrogen-bond donors (Lipinski definition) is 1. The SMILES string of the molecule is C1=CC2=Cc3c(sc4cccc(-c5ccc(N(c6ccccc6)c6ccc7c(c6)oc6ccccc67)cc5)c34)NC2C=C1. The Morgan fingerprint density at radius 2 is 1.47 bits per heavy atom. The molecule has 0 radical (unpaired) electrons. The number of nitrogens with zero attached hydrogens (tertiary/aromatic N) is 1. The van der Waals surface area contributed by atoms with Crippen LogP contribution in [0.5, 0.6) is 0 Å². The van der Waals surface area contributed by atoms with E-state index in [0.29, 0.717) is 0 Å². The van der Waals surface area contributed by atoms with E-state index >= 15 is 0 Å². The summed E-state index contributed by atoms with van der Waals surface area (Å²) in [5.41, 5.74) is 10.1. The molecule has 3 heterocycles. The third-order valence-electron chi connectivity index (χ3n) is 8.48. The van der Waals surface area contributed by atoms with Gasteiger partial charge >= 0.3 is 0 Å². The molecule has 1 N–H and O–H groups in total. The summed E-state index contributed by atoms with van der Waals surface area (Å²) in [6.07, 6.45) is 11.0. The van der Waals surface area contributed by atoms with Crippen LogP contribution in [0.2, 0.25) is 0 Å². The standard InChI is InChI=1S/C39H26N2OS/c1-2-10-27(11-3-1)41(29-21-22-32-31-12-5-7-15-35(31)42-36(32)24-29)28-19-17-25(18-20-28)30-13-8-16-37-38(30)33-23-26-9-4-6-14-34(26)40-39(33)43-37/h1-24,34,40H. The molecule has 0 amide bonds. The van der Waals surface area contributed by atoms with E-state index in [1.807, 2.05) is 23.5 Å². The van der Waals surface area contributed by atoms with Crippen molar-refractivity contribution in [3.8, 4) is 11.1 Å². The highest BCUT2D eigenvalue weighted by Crippen LogP contribution is 2.46. The van der Waals surface area contributed by atoms with Gasteiger partial charge in [-0.2, -0.15) is 0 Å². The van der Waals surface area contributed by atoms with E-state index in [4.69, 9.17) is 4.42 Å². The summed E-state index contributed by atoms with van der Waals surface area (Å²) in [5.74, 6) is 0. The van der Waals surface area contributed by atoms with Crippen molar-refractivity contribution in [1.29, 1.82) is 0 Å². The lowest BCUT2D eigenvalue weighted by molar-refractivity contribution is 0.669. The fourth-order valence-electron chi connectivity index (χ4n) is 6.46. The van der Waals surface area contributed by atoms with Crippen LogP contribution in [-0.4, -0.2) is 6.04 Å². The molecule has 4 heteroatoms. The van der Waals surface area contributed by atoms with Crippen LogP contribution in [0, 0.1) is 0 Å². The fourth-order valence-corrected chi connectivity index (χ4v) is 7.61. The third-order valence-corrected chi connectivity index (χ3v) is 9.59. The first kappa shape index (κ1) is 24.3. The van der Waals surface area contributed by atoms with Crippen molar-refractivity contribution in [1.82, 2.24) is 0 Å². The molecule has 0 bridgehead atoms. The lowest BCUT2D eigenvalue weighted by atomic mass is 9.93. The Morgan fingerprint density at radius 1 is 0.674 bits per heavy atom. The van der Waals surface area contributed by atoms with Crippen molar-refractivity contribution in [2.75, 3.05) is 10.2 Å². The van der Waals surface area contributed by atoms with E-state index in [0.717, 1.165) is 39.0 Å². The minimum Gasteiger partial charge on any atom is -0.456 e. The maximum absolute atomic E-state index is 6.26. The molecule has 7 aromatic rings. The molecule has 9 rings (SSSR count). The van der Waals surface area contributed by atoms with E-state index in [2.05, 4.69) is 144 Å². The third kappa shape index (κ3) is 3.95. The Balaban J connectivity index is 1.15. The van der Waals surface area contributed by atoms with Gasteiger partial charge in [-0.05, 0) is 71.3 Å². The number of benzene rings is 5. The zero-order valence-electron chi connectivity index (χ0n) is 23.2. The number of anilines is 4. The first-order chi connectivity index (χ1) is 21.3. The molecule has 0 fully saturated rings. The molecule has 1 aliphatic heterocycles. The van der Waals surface area contributed by atoms with Gasteiger partial charge in [-0.1, -0.05) is 85.0 Å². The van der Waals surface area contributed by atoms with Gasteiger partial charge in [0.2, 0.25) is 0 Å². The fraction of sp³-hybridized carbons (Fsp3) is 0.0256. The molecule has 1 aliphatic carbocycles. The average molecular weight is 571 g/mol. The molecule has 0 saturated carbocycles. The van der Waals surface area contributed by atoms with Crippen LogP contribution < -0.4 is 10.2 Å². The number of allylic oxidation sites excluding steroid dienone is 2. The Labute approximate surface area is 253 Å². The highest BCUT2D eigenvalue weighted by atomic mass is 32.1. The zero-order valence-corrected chi connectivity index (χ0v) is 24.0. The van der Waals surface area contributed by atoms with E-state index < -0.39 is 0 Å². The topological polar surface area (TPSA) is 28.4 Å². The molecule has 0 spiro atoms. The van der Waals surface area contributed by atoms with Crippen LogP contribution in [0.15, 0.2) is 150 Å². The Kier molecular flexibility index (Phi) is 5.43. The summed E-state index contributed by atoms with van der Waals surface area (Å²) < 4.78 is 7.56. The lowest BCUT2D eigenvalue weighted by Gasteiger charge is -2.25. The van der Waals surface area contributed by atoms with Gasteiger partial charge in [-0.3, -0.25) is 0 Å². The second-order valence-corrected chi connectivity index (χ2v) is 12.1. The van der Waals surface area contributed by atoms with Crippen LogP contribution in [-0.2, 0) is 0 Å². The molecule has 1 unspecified atom stereocenters. The van der Waals surface area contributed by atoms with Gasteiger partial charge in [-0.15, -0.1) is 11.3 Å². The molecule has 2 aromatic heterocycles. The van der Waals surface area contributed by atoms with Gasteiger partial charge in [0.25, 0.3) is 0 Å². The number of thiophene rings is 1. The van der Waals surface area contributed by atoms with Gasteiger partial charge in [-0.25, -0.2) is 0 Å². The van der Waals surface area contributed by atoms with Gasteiger partial charge in [0.15, 0.2) is 0 Å². The Hall–Kier alpha value is -5.32. The summed E-state index contributed by atoms with van der Waals surface area (Å²) in [4.78, 5) is 2.29. The molecule has 43 heavy (non-hydrogen) atoms. The quantitative estimate of drug-likeness (QED) is 0.228.